The van der Waals surface area contributed by atoms with Crippen molar-refractivity contribution in [3.05, 3.63) is 0 Å². The van der Waals surface area contributed by atoms with Crippen LogP contribution < -0.4 is 0 Å². The van der Waals surface area contributed by atoms with Gasteiger partial charge in [-0.15, -0.1) is 0 Å². The van der Waals surface area contributed by atoms with Crippen molar-refractivity contribution in [2.45, 2.75) is 86.0 Å². The molecule has 3 rings (SSSR count). The summed E-state index contributed by atoms with van der Waals surface area (Å²) in [6.45, 7) is -1.60. The lowest BCUT2D eigenvalue weighted by Crippen LogP contribution is -2.64. The largest absolute Gasteiger partial charge is 0.394 e. The van der Waals surface area contributed by atoms with Gasteiger partial charge in [0.25, 0.3) is 0 Å². The van der Waals surface area contributed by atoms with Crippen molar-refractivity contribution >= 4 is 0 Å². The van der Waals surface area contributed by atoms with Gasteiger partial charge in [-0.1, -0.05) is 0 Å². The monoisotopic (exact) mass is 474 g/mol. The fourth-order valence-electron chi connectivity index (χ4n) is 3.67. The van der Waals surface area contributed by atoms with E-state index in [1.165, 1.54) is 0 Å². The summed E-state index contributed by atoms with van der Waals surface area (Å²) >= 11 is 0. The summed E-state index contributed by atoms with van der Waals surface area (Å²) in [4.78, 5) is 0. The molecule has 188 valence electrons. The molecule has 3 fully saturated rings. The van der Waals surface area contributed by atoms with Crippen molar-refractivity contribution < 1.29 is 74.7 Å². The number of aliphatic hydroxyl groups excluding tert-OH is 10. The first-order valence-corrected chi connectivity index (χ1v) is 9.99. The third-order valence-corrected chi connectivity index (χ3v) is 5.68. The molecular formula is C17H30O15. The molecule has 0 saturated carbocycles. The SMILES string of the molecule is OC[C@H]1OC(O)[C@H](O)[C@@H](O)[C@@H]1O[C@@H]1O[C@H](CO[C@H]2OC[C@@H](O)[C@H](O)[C@H]2O)[C@@H](O)[C@H](O)[C@H]1O. The highest BCUT2D eigenvalue weighted by atomic mass is 16.7. The maximum atomic E-state index is 10.2. The van der Waals surface area contributed by atoms with E-state index in [1.807, 2.05) is 0 Å². The minimum Gasteiger partial charge on any atom is -0.394 e. The number of rotatable bonds is 6. The van der Waals surface area contributed by atoms with Gasteiger partial charge in [0.05, 0.1) is 19.8 Å². The Morgan fingerprint density at radius 2 is 1.31 bits per heavy atom. The molecule has 15 heteroatoms. The lowest BCUT2D eigenvalue weighted by atomic mass is 9.97. The van der Waals surface area contributed by atoms with Crippen LogP contribution in [0.2, 0.25) is 0 Å². The summed E-state index contributed by atoms with van der Waals surface area (Å²) in [7, 11) is 0. The Balaban J connectivity index is 1.65. The summed E-state index contributed by atoms with van der Waals surface area (Å²) in [5, 5.41) is 98.6. The van der Waals surface area contributed by atoms with Crippen LogP contribution in [0.15, 0.2) is 0 Å². The lowest BCUT2D eigenvalue weighted by Gasteiger charge is -2.45. The number of hydrogen-bond donors (Lipinski definition) is 10. The van der Waals surface area contributed by atoms with Crippen LogP contribution in [0, 0.1) is 0 Å². The van der Waals surface area contributed by atoms with Gasteiger partial charge in [-0.3, -0.25) is 0 Å². The third kappa shape index (κ3) is 5.22. The minimum atomic E-state index is -1.83. The Morgan fingerprint density at radius 1 is 0.656 bits per heavy atom. The van der Waals surface area contributed by atoms with E-state index in [-0.39, 0.29) is 6.61 Å². The van der Waals surface area contributed by atoms with Crippen LogP contribution in [-0.2, 0) is 23.7 Å². The van der Waals surface area contributed by atoms with E-state index in [1.54, 1.807) is 0 Å². The van der Waals surface area contributed by atoms with Gasteiger partial charge in [0.15, 0.2) is 18.9 Å². The standard InChI is InChI=1S/C17H30O15/c18-1-5-14(10(23)11(24)15(27)30-5)32-17-13(26)9(22)8(21)6(31-17)3-29-16-12(25)7(20)4(19)2-28-16/h4-27H,1-3H2/t4-,5-,6-,7+,8-,9+,10-,11-,12-,13-,14-,15?,16-,17+/m1/s1. The second kappa shape index (κ2) is 10.8. The van der Waals surface area contributed by atoms with Gasteiger partial charge in [-0.2, -0.15) is 0 Å². The summed E-state index contributed by atoms with van der Waals surface area (Å²) in [5.41, 5.74) is 0. The topological polar surface area (TPSA) is 248 Å². The summed E-state index contributed by atoms with van der Waals surface area (Å²) in [5.74, 6) is 0. The highest BCUT2D eigenvalue weighted by Crippen LogP contribution is 2.29. The average molecular weight is 474 g/mol. The molecule has 10 N–H and O–H groups in total. The van der Waals surface area contributed by atoms with E-state index in [4.69, 9.17) is 23.7 Å². The van der Waals surface area contributed by atoms with Crippen LogP contribution in [0.3, 0.4) is 0 Å². The molecule has 0 aromatic rings. The van der Waals surface area contributed by atoms with Crippen molar-refractivity contribution in [2.75, 3.05) is 19.8 Å². The molecule has 0 amide bonds. The van der Waals surface area contributed by atoms with Crippen LogP contribution in [0.1, 0.15) is 0 Å². The summed E-state index contributed by atoms with van der Waals surface area (Å²) in [6.07, 6.45) is -22.4. The van der Waals surface area contributed by atoms with Crippen molar-refractivity contribution in [1.82, 2.24) is 0 Å². The van der Waals surface area contributed by atoms with Gasteiger partial charge in [0.2, 0.25) is 0 Å². The smallest absolute Gasteiger partial charge is 0.187 e. The molecule has 3 aliphatic rings. The molecule has 0 radical (unpaired) electrons. The van der Waals surface area contributed by atoms with Gasteiger partial charge in [-0.25, -0.2) is 0 Å². The third-order valence-electron chi connectivity index (χ3n) is 5.68. The molecule has 0 aromatic carbocycles. The Labute approximate surface area is 181 Å². The van der Waals surface area contributed by atoms with Crippen molar-refractivity contribution in [1.29, 1.82) is 0 Å². The molecule has 0 spiro atoms. The van der Waals surface area contributed by atoms with E-state index < -0.39 is 99.2 Å². The number of hydrogen-bond acceptors (Lipinski definition) is 15. The maximum Gasteiger partial charge on any atom is 0.187 e. The van der Waals surface area contributed by atoms with E-state index in [9.17, 15) is 51.1 Å². The van der Waals surface area contributed by atoms with E-state index in [0.717, 1.165) is 0 Å². The molecule has 14 atom stereocenters. The first-order chi connectivity index (χ1) is 15.1. The number of ether oxygens (including phenoxy) is 5. The summed E-state index contributed by atoms with van der Waals surface area (Å²) < 4.78 is 26.1. The van der Waals surface area contributed by atoms with Crippen molar-refractivity contribution in [2.24, 2.45) is 0 Å². The molecular weight excluding hydrogens is 444 g/mol. The van der Waals surface area contributed by atoms with E-state index in [0.29, 0.717) is 0 Å². The molecule has 0 bridgehead atoms. The fraction of sp³-hybridized carbons (Fsp3) is 1.00. The van der Waals surface area contributed by atoms with Crippen molar-refractivity contribution in [3.8, 4) is 0 Å². The molecule has 32 heavy (non-hydrogen) atoms. The van der Waals surface area contributed by atoms with Gasteiger partial charge in [-0.05, 0) is 0 Å². The second-order valence-electron chi connectivity index (χ2n) is 7.93. The predicted octanol–water partition coefficient (Wildman–Crippen LogP) is -6.93. The van der Waals surface area contributed by atoms with E-state index >= 15 is 0 Å². The highest BCUT2D eigenvalue weighted by Gasteiger charge is 2.50. The first-order valence-electron chi connectivity index (χ1n) is 9.99. The molecule has 3 heterocycles. The van der Waals surface area contributed by atoms with Crippen LogP contribution in [-0.4, -0.2) is 157 Å². The first kappa shape index (κ1) is 26.0. The zero-order valence-corrected chi connectivity index (χ0v) is 16.7. The second-order valence-corrected chi connectivity index (χ2v) is 7.93. The Kier molecular flexibility index (Phi) is 8.75. The van der Waals surface area contributed by atoms with Gasteiger partial charge in [0, 0.05) is 0 Å². The molecule has 0 aromatic heterocycles. The predicted molar refractivity (Wildman–Crippen MR) is 95.2 cm³/mol. The normalized spacial score (nSPS) is 52.7. The van der Waals surface area contributed by atoms with Crippen LogP contribution >= 0.6 is 0 Å². The highest BCUT2D eigenvalue weighted by molar-refractivity contribution is 4.94. The van der Waals surface area contributed by atoms with Crippen LogP contribution in [0.25, 0.3) is 0 Å². The molecule has 15 nitrogen and oxygen atoms in total. The quantitative estimate of drug-likeness (QED) is 0.172. The Bertz CT molecular complexity index is 594. The zero-order chi connectivity index (χ0) is 23.7. The fourth-order valence-corrected chi connectivity index (χ4v) is 3.67. The van der Waals surface area contributed by atoms with Gasteiger partial charge < -0.3 is 74.7 Å². The van der Waals surface area contributed by atoms with Crippen LogP contribution in [0.5, 0.6) is 0 Å². The summed E-state index contributed by atoms with van der Waals surface area (Å²) in [6, 6.07) is 0. The molecule has 3 saturated heterocycles. The maximum absolute atomic E-state index is 10.2. The zero-order valence-electron chi connectivity index (χ0n) is 16.7. The van der Waals surface area contributed by atoms with E-state index in [2.05, 4.69) is 0 Å². The Morgan fingerprint density at radius 3 is 1.97 bits per heavy atom. The minimum absolute atomic E-state index is 0.333. The number of aliphatic hydroxyl groups is 10. The molecule has 0 aliphatic carbocycles. The average Bonchev–Trinajstić information content (AvgIpc) is 2.77. The van der Waals surface area contributed by atoms with Crippen molar-refractivity contribution in [3.63, 3.8) is 0 Å². The van der Waals surface area contributed by atoms with Gasteiger partial charge in [0.1, 0.15) is 67.1 Å². The Hall–Kier alpha value is -0.600. The lowest BCUT2D eigenvalue weighted by molar-refractivity contribution is -0.360. The molecule has 3 aliphatic heterocycles. The molecule has 1 unspecified atom stereocenters. The van der Waals surface area contributed by atoms with Crippen LogP contribution in [0.4, 0.5) is 0 Å². The van der Waals surface area contributed by atoms with Gasteiger partial charge >= 0.3 is 0 Å².